The number of thioether (sulfide) groups is 1. The molecule has 1 saturated heterocycles. The Hall–Kier alpha value is -3.93. The number of benzene rings is 2. The van der Waals surface area contributed by atoms with Gasteiger partial charge in [-0.05, 0) is 85.8 Å². The molecule has 1 fully saturated rings. The van der Waals surface area contributed by atoms with Gasteiger partial charge in [0.05, 0.1) is 21.5 Å². The van der Waals surface area contributed by atoms with E-state index in [0.29, 0.717) is 20.5 Å². The van der Waals surface area contributed by atoms with Gasteiger partial charge in [-0.15, -0.1) is 11.3 Å². The molecule has 0 aliphatic carbocycles. The summed E-state index contributed by atoms with van der Waals surface area (Å²) in [5, 5.41) is 4.83. The molecule has 41 heavy (non-hydrogen) atoms. The standard InChI is InChI=1S/C30H26N4O4S3/c1-30(2,3)38-28(37)18-4-7-21(8-5-18)33-26(35)10-13-34-27(36)25(41-29(34)39)16-22-14-20(17-40-22)19-6-9-23-24(15-19)32-12-11-31-23/h4-9,11-12,14-17H,10,13H2,1-3H3,(H,33,35)/b25-16-. The minimum Gasteiger partial charge on any atom is -0.456 e. The van der Waals surface area contributed by atoms with Gasteiger partial charge in [0.2, 0.25) is 5.91 Å². The molecule has 1 aliphatic heterocycles. The highest BCUT2D eigenvalue weighted by atomic mass is 32.2. The fourth-order valence-electron chi connectivity index (χ4n) is 4.01. The molecule has 0 bridgehead atoms. The SMILES string of the molecule is CC(C)(C)OC(=O)c1ccc(NC(=O)CCN2C(=O)/C(=C/c3cc(-c4ccc5nccnc5c4)cs3)SC2=S)cc1. The van der Waals surface area contributed by atoms with Gasteiger partial charge in [0.25, 0.3) is 5.91 Å². The van der Waals surface area contributed by atoms with Crippen molar-refractivity contribution in [2.24, 2.45) is 0 Å². The monoisotopic (exact) mass is 602 g/mol. The lowest BCUT2D eigenvalue weighted by atomic mass is 10.1. The van der Waals surface area contributed by atoms with E-state index in [9.17, 15) is 14.4 Å². The zero-order valence-corrected chi connectivity index (χ0v) is 25.0. The quantitative estimate of drug-likeness (QED) is 0.145. The normalized spacial score (nSPS) is 14.6. The highest BCUT2D eigenvalue weighted by molar-refractivity contribution is 8.26. The Labute approximate surface area is 250 Å². The van der Waals surface area contributed by atoms with Gasteiger partial charge in [-0.25, -0.2) is 4.79 Å². The van der Waals surface area contributed by atoms with Gasteiger partial charge < -0.3 is 10.1 Å². The third kappa shape index (κ3) is 7.05. The smallest absolute Gasteiger partial charge is 0.338 e. The molecule has 4 aromatic rings. The van der Waals surface area contributed by atoms with E-state index < -0.39 is 11.6 Å². The van der Waals surface area contributed by atoms with E-state index in [4.69, 9.17) is 17.0 Å². The predicted molar refractivity (Wildman–Crippen MR) is 168 cm³/mol. The van der Waals surface area contributed by atoms with Gasteiger partial charge in [0.15, 0.2) is 0 Å². The summed E-state index contributed by atoms with van der Waals surface area (Å²) in [7, 11) is 0. The highest BCUT2D eigenvalue weighted by Crippen LogP contribution is 2.35. The average molecular weight is 603 g/mol. The minimum absolute atomic E-state index is 0.0710. The van der Waals surface area contributed by atoms with E-state index >= 15 is 0 Å². The summed E-state index contributed by atoms with van der Waals surface area (Å²) in [6.07, 6.45) is 5.24. The molecule has 208 valence electrons. The van der Waals surface area contributed by atoms with Gasteiger partial charge in [-0.2, -0.15) is 0 Å². The molecule has 0 saturated carbocycles. The number of anilines is 1. The van der Waals surface area contributed by atoms with Crippen molar-refractivity contribution < 1.29 is 19.1 Å². The van der Waals surface area contributed by atoms with Crippen LogP contribution in [-0.4, -0.2) is 49.1 Å². The first-order valence-electron chi connectivity index (χ1n) is 12.7. The molecule has 0 unspecified atom stereocenters. The fraction of sp³-hybridized carbons (Fsp3) is 0.200. The van der Waals surface area contributed by atoms with Gasteiger partial charge in [-0.3, -0.25) is 24.5 Å². The molecule has 0 radical (unpaired) electrons. The summed E-state index contributed by atoms with van der Waals surface area (Å²) in [5.41, 5.74) is 4.05. The molecule has 5 rings (SSSR count). The lowest BCUT2D eigenvalue weighted by molar-refractivity contribution is -0.122. The van der Waals surface area contributed by atoms with Crippen LogP contribution in [0.25, 0.3) is 28.2 Å². The second-order valence-electron chi connectivity index (χ2n) is 10.2. The lowest BCUT2D eigenvalue weighted by Gasteiger charge is -2.19. The van der Waals surface area contributed by atoms with Crippen molar-refractivity contribution in [2.75, 3.05) is 11.9 Å². The predicted octanol–water partition coefficient (Wildman–Crippen LogP) is 6.54. The highest BCUT2D eigenvalue weighted by Gasteiger charge is 2.32. The Bertz CT molecular complexity index is 1690. The van der Waals surface area contributed by atoms with E-state index in [1.165, 1.54) is 28.0 Å². The van der Waals surface area contributed by atoms with Crippen LogP contribution in [0.15, 0.2) is 71.2 Å². The summed E-state index contributed by atoms with van der Waals surface area (Å²) in [6, 6.07) is 14.4. The summed E-state index contributed by atoms with van der Waals surface area (Å²) in [4.78, 5) is 49.4. The molecule has 1 N–H and O–H groups in total. The maximum absolute atomic E-state index is 13.1. The molecule has 0 spiro atoms. The number of rotatable bonds is 7. The number of fused-ring (bicyclic) bond motifs is 1. The number of carbonyl (C=O) groups is 3. The first-order chi connectivity index (χ1) is 19.6. The van der Waals surface area contributed by atoms with Crippen molar-refractivity contribution in [1.29, 1.82) is 0 Å². The number of carbonyl (C=O) groups excluding carboxylic acids is 3. The lowest BCUT2D eigenvalue weighted by Crippen LogP contribution is -2.31. The average Bonchev–Trinajstić information content (AvgIpc) is 3.50. The molecule has 2 amide bonds. The number of esters is 1. The first kappa shape index (κ1) is 28.6. The van der Waals surface area contributed by atoms with Crippen molar-refractivity contribution >= 4 is 80.2 Å². The molecular formula is C30H26N4O4S3. The van der Waals surface area contributed by atoms with Gasteiger partial charge in [0.1, 0.15) is 9.92 Å². The number of nitrogens with one attached hydrogen (secondary N) is 1. The van der Waals surface area contributed by atoms with E-state index in [2.05, 4.69) is 15.3 Å². The molecule has 8 nitrogen and oxygen atoms in total. The van der Waals surface area contributed by atoms with E-state index in [1.807, 2.05) is 35.7 Å². The summed E-state index contributed by atoms with van der Waals surface area (Å²) < 4.78 is 5.77. The van der Waals surface area contributed by atoms with Crippen LogP contribution in [0.1, 0.15) is 42.4 Å². The summed E-state index contributed by atoms with van der Waals surface area (Å²) >= 11 is 8.20. The van der Waals surface area contributed by atoms with Crippen LogP contribution in [0.3, 0.4) is 0 Å². The molecule has 3 heterocycles. The van der Waals surface area contributed by atoms with Crippen LogP contribution in [-0.2, 0) is 14.3 Å². The van der Waals surface area contributed by atoms with Crippen LogP contribution in [0.5, 0.6) is 0 Å². The first-order valence-corrected chi connectivity index (χ1v) is 14.8. The third-order valence-corrected chi connectivity index (χ3v) is 8.19. The Balaban J connectivity index is 1.17. The molecule has 1 aliphatic rings. The van der Waals surface area contributed by atoms with Gasteiger partial charge in [-0.1, -0.05) is 30.0 Å². The van der Waals surface area contributed by atoms with E-state index in [-0.39, 0.29) is 24.8 Å². The van der Waals surface area contributed by atoms with Crippen LogP contribution in [0.4, 0.5) is 5.69 Å². The molecule has 2 aromatic carbocycles. The van der Waals surface area contributed by atoms with Crippen molar-refractivity contribution in [3.05, 3.63) is 81.7 Å². The summed E-state index contributed by atoms with van der Waals surface area (Å²) in [5.74, 6) is -0.915. The number of nitrogens with zero attached hydrogens (tertiary/aromatic N) is 3. The minimum atomic E-state index is -0.592. The second-order valence-corrected chi connectivity index (χ2v) is 12.8. The molecule has 0 atom stereocenters. The van der Waals surface area contributed by atoms with Crippen LogP contribution in [0.2, 0.25) is 0 Å². The Kier molecular flexibility index (Phi) is 8.30. The number of aromatic nitrogens is 2. The second kappa shape index (κ2) is 11.9. The van der Waals surface area contributed by atoms with Gasteiger partial charge in [0, 0.05) is 35.9 Å². The van der Waals surface area contributed by atoms with Crippen molar-refractivity contribution in [2.45, 2.75) is 32.8 Å². The third-order valence-electron chi connectivity index (χ3n) is 5.94. The van der Waals surface area contributed by atoms with Crippen LogP contribution in [0, 0.1) is 0 Å². The number of thiocarbonyl (C=S) groups is 1. The van der Waals surface area contributed by atoms with Gasteiger partial charge >= 0.3 is 5.97 Å². The van der Waals surface area contributed by atoms with Crippen LogP contribution < -0.4 is 5.32 Å². The maximum Gasteiger partial charge on any atom is 0.338 e. The maximum atomic E-state index is 13.1. The molecule has 2 aromatic heterocycles. The molecular weight excluding hydrogens is 577 g/mol. The Morgan fingerprint density at radius 2 is 1.76 bits per heavy atom. The zero-order valence-electron chi connectivity index (χ0n) is 22.5. The Morgan fingerprint density at radius 1 is 1.02 bits per heavy atom. The largest absolute Gasteiger partial charge is 0.456 e. The van der Waals surface area contributed by atoms with Crippen molar-refractivity contribution in [3.8, 4) is 11.1 Å². The van der Waals surface area contributed by atoms with Crippen molar-refractivity contribution in [1.82, 2.24) is 14.9 Å². The Morgan fingerprint density at radius 3 is 2.49 bits per heavy atom. The number of amides is 2. The molecule has 11 heteroatoms. The van der Waals surface area contributed by atoms with Crippen molar-refractivity contribution in [3.63, 3.8) is 0 Å². The number of thiophene rings is 1. The number of ether oxygens (including phenoxy) is 1. The van der Waals surface area contributed by atoms with Crippen LogP contribution >= 0.6 is 35.3 Å². The van der Waals surface area contributed by atoms with E-state index in [0.717, 1.165) is 27.0 Å². The topological polar surface area (TPSA) is 101 Å². The number of hydrogen-bond donors (Lipinski definition) is 1. The zero-order chi connectivity index (χ0) is 29.1. The number of hydrogen-bond acceptors (Lipinski definition) is 9. The summed E-state index contributed by atoms with van der Waals surface area (Å²) in [6.45, 7) is 5.57. The fourth-order valence-corrected chi connectivity index (χ4v) is 6.23. The van der Waals surface area contributed by atoms with E-state index in [1.54, 1.807) is 57.4 Å².